The summed E-state index contributed by atoms with van der Waals surface area (Å²) in [4.78, 5) is 2.17. The van der Waals surface area contributed by atoms with E-state index in [-0.39, 0.29) is 5.69 Å². The van der Waals surface area contributed by atoms with Gasteiger partial charge in [-0.1, -0.05) is 17.7 Å². The minimum Gasteiger partial charge on any atom is -0.378 e. The summed E-state index contributed by atoms with van der Waals surface area (Å²) in [5, 5.41) is 27.0. The van der Waals surface area contributed by atoms with Crippen molar-refractivity contribution in [1.29, 1.82) is 5.26 Å². The minimum absolute atomic E-state index is 0.286. The highest BCUT2D eigenvalue weighted by Crippen LogP contribution is 2.30. The van der Waals surface area contributed by atoms with Crippen LogP contribution in [-0.2, 0) is 4.74 Å². The zero-order valence-corrected chi connectivity index (χ0v) is 15.6. The quantitative estimate of drug-likeness (QED) is 0.681. The molecule has 1 fully saturated rings. The molecule has 4 rings (SSSR count). The van der Waals surface area contributed by atoms with Gasteiger partial charge in [-0.3, -0.25) is 4.57 Å². The fourth-order valence-corrected chi connectivity index (χ4v) is 3.51. The number of benzene rings is 1. The van der Waals surface area contributed by atoms with Crippen molar-refractivity contribution in [2.24, 2.45) is 0 Å². The Morgan fingerprint density at radius 3 is 2.44 bits per heavy atom. The normalized spacial score (nSPS) is 14.1. The van der Waals surface area contributed by atoms with E-state index in [1.54, 1.807) is 12.1 Å². The second-order valence-electron chi connectivity index (χ2n) is 6.02. The van der Waals surface area contributed by atoms with E-state index >= 15 is 0 Å². The van der Waals surface area contributed by atoms with Gasteiger partial charge in [-0.25, -0.2) is 0 Å². The van der Waals surface area contributed by atoms with Gasteiger partial charge >= 0.3 is 0 Å². The van der Waals surface area contributed by atoms with E-state index in [0.717, 1.165) is 24.7 Å². The molecule has 0 N–H and O–H groups in total. The van der Waals surface area contributed by atoms with Gasteiger partial charge in [0.05, 0.1) is 18.9 Å². The Morgan fingerprint density at radius 1 is 1.00 bits per heavy atom. The highest BCUT2D eigenvalue weighted by atomic mass is 32.2. The van der Waals surface area contributed by atoms with Crippen LogP contribution in [0.5, 0.6) is 0 Å². The molecule has 2 aromatic heterocycles. The topological polar surface area (TPSA) is 92.8 Å². The summed E-state index contributed by atoms with van der Waals surface area (Å²) in [5.41, 5.74) is 2.46. The molecule has 0 radical (unpaired) electrons. The van der Waals surface area contributed by atoms with Crippen LogP contribution in [0.25, 0.3) is 5.69 Å². The molecule has 0 aliphatic carbocycles. The maximum atomic E-state index is 8.88. The number of morpholine rings is 1. The van der Waals surface area contributed by atoms with Crippen molar-refractivity contribution in [2.75, 3.05) is 31.2 Å². The predicted octanol–water partition coefficient (Wildman–Crippen LogP) is 2.23. The van der Waals surface area contributed by atoms with Gasteiger partial charge in [0.2, 0.25) is 11.1 Å². The summed E-state index contributed by atoms with van der Waals surface area (Å²) < 4.78 is 7.48. The molecule has 8 nitrogen and oxygen atoms in total. The van der Waals surface area contributed by atoms with Crippen molar-refractivity contribution in [3.8, 4) is 11.8 Å². The van der Waals surface area contributed by atoms with Crippen LogP contribution < -0.4 is 4.90 Å². The molecule has 1 aromatic carbocycles. The first kappa shape index (κ1) is 17.5. The van der Waals surface area contributed by atoms with Crippen LogP contribution in [0.15, 0.2) is 46.6 Å². The number of anilines is 1. The van der Waals surface area contributed by atoms with E-state index in [1.807, 2.05) is 10.6 Å². The molecule has 0 saturated carbocycles. The number of aryl methyl sites for hydroxylation is 1. The largest absolute Gasteiger partial charge is 0.378 e. The maximum absolute atomic E-state index is 8.88. The van der Waals surface area contributed by atoms with E-state index < -0.39 is 0 Å². The number of nitrogens with zero attached hydrogens (tertiary/aromatic N) is 7. The lowest BCUT2D eigenvalue weighted by Crippen LogP contribution is -2.37. The predicted molar refractivity (Wildman–Crippen MR) is 100.0 cm³/mol. The molecule has 0 spiro atoms. The van der Waals surface area contributed by atoms with Crippen molar-refractivity contribution in [3.63, 3.8) is 0 Å². The standard InChI is InChI=1S/C18H17N7OS/c1-13-2-5-15(6-3-13)25-17(24-8-10-26-11-9-24)22-23-18(25)27-16-7-4-14(12-19)20-21-16/h2-7H,8-11H2,1H3. The third kappa shape index (κ3) is 3.77. The number of aromatic nitrogens is 5. The summed E-state index contributed by atoms with van der Waals surface area (Å²) >= 11 is 1.37. The number of rotatable bonds is 4. The summed E-state index contributed by atoms with van der Waals surface area (Å²) in [6.45, 7) is 4.94. The number of ether oxygens (including phenoxy) is 1. The molecule has 136 valence electrons. The zero-order chi connectivity index (χ0) is 18.6. The lowest BCUT2D eigenvalue weighted by atomic mass is 10.2. The van der Waals surface area contributed by atoms with Crippen LogP contribution in [-0.4, -0.2) is 51.3 Å². The van der Waals surface area contributed by atoms with Gasteiger partial charge in [0.15, 0.2) is 5.69 Å². The molecule has 0 atom stereocenters. The van der Waals surface area contributed by atoms with Crippen LogP contribution in [0.3, 0.4) is 0 Å². The Balaban J connectivity index is 1.72. The average Bonchev–Trinajstić information content (AvgIpc) is 3.13. The van der Waals surface area contributed by atoms with E-state index in [4.69, 9.17) is 10.00 Å². The van der Waals surface area contributed by atoms with E-state index in [0.29, 0.717) is 23.4 Å². The van der Waals surface area contributed by atoms with Gasteiger partial charge in [-0.05, 0) is 43.0 Å². The molecule has 1 aliphatic heterocycles. The van der Waals surface area contributed by atoms with Gasteiger partial charge in [0.1, 0.15) is 11.1 Å². The first-order valence-corrected chi connectivity index (χ1v) is 9.33. The summed E-state index contributed by atoms with van der Waals surface area (Å²) in [5.74, 6) is 0.784. The van der Waals surface area contributed by atoms with Crippen molar-refractivity contribution in [1.82, 2.24) is 25.0 Å². The molecule has 1 saturated heterocycles. The SMILES string of the molecule is Cc1ccc(-n2c(Sc3ccc(C#N)nn3)nnc2N2CCOCC2)cc1. The Kier molecular flexibility index (Phi) is 5.00. The molecule has 3 aromatic rings. The highest BCUT2D eigenvalue weighted by Gasteiger charge is 2.22. The second kappa shape index (κ2) is 7.73. The Bertz CT molecular complexity index is 957. The summed E-state index contributed by atoms with van der Waals surface area (Å²) in [7, 11) is 0. The molecule has 3 heterocycles. The summed E-state index contributed by atoms with van der Waals surface area (Å²) in [6.07, 6.45) is 0. The second-order valence-corrected chi connectivity index (χ2v) is 7.01. The Labute approximate surface area is 160 Å². The van der Waals surface area contributed by atoms with Gasteiger partial charge in [-0.15, -0.1) is 20.4 Å². The minimum atomic E-state index is 0.286. The van der Waals surface area contributed by atoms with Crippen molar-refractivity contribution in [3.05, 3.63) is 47.7 Å². The van der Waals surface area contributed by atoms with E-state index in [2.05, 4.69) is 56.5 Å². The molecule has 27 heavy (non-hydrogen) atoms. The Hall–Kier alpha value is -2.96. The molecule has 0 amide bonds. The van der Waals surface area contributed by atoms with Crippen LogP contribution in [0.1, 0.15) is 11.3 Å². The lowest BCUT2D eigenvalue weighted by Gasteiger charge is -2.27. The number of hydrogen-bond acceptors (Lipinski definition) is 8. The van der Waals surface area contributed by atoms with Crippen LogP contribution in [0.2, 0.25) is 0 Å². The molecule has 0 bridgehead atoms. The third-order valence-corrected chi connectivity index (χ3v) is 5.03. The van der Waals surface area contributed by atoms with Gasteiger partial charge < -0.3 is 9.64 Å². The van der Waals surface area contributed by atoms with Gasteiger partial charge in [0, 0.05) is 13.1 Å². The fourth-order valence-electron chi connectivity index (χ4n) is 2.74. The van der Waals surface area contributed by atoms with Crippen molar-refractivity contribution >= 4 is 17.7 Å². The van der Waals surface area contributed by atoms with Gasteiger partial charge in [-0.2, -0.15) is 5.26 Å². The molecule has 9 heteroatoms. The molecule has 0 unspecified atom stereocenters. The monoisotopic (exact) mass is 379 g/mol. The molecular formula is C18H17N7OS. The van der Waals surface area contributed by atoms with Crippen molar-refractivity contribution in [2.45, 2.75) is 17.1 Å². The number of nitriles is 1. The highest BCUT2D eigenvalue weighted by molar-refractivity contribution is 7.99. The average molecular weight is 379 g/mol. The first-order chi connectivity index (χ1) is 13.2. The van der Waals surface area contributed by atoms with Crippen LogP contribution in [0, 0.1) is 18.3 Å². The lowest BCUT2D eigenvalue weighted by molar-refractivity contribution is 0.122. The number of hydrogen-bond donors (Lipinski definition) is 0. The third-order valence-electron chi connectivity index (χ3n) is 4.15. The Morgan fingerprint density at radius 2 is 1.78 bits per heavy atom. The molecular weight excluding hydrogens is 362 g/mol. The zero-order valence-electron chi connectivity index (χ0n) is 14.7. The summed E-state index contributed by atoms with van der Waals surface area (Å²) in [6, 6.07) is 13.6. The maximum Gasteiger partial charge on any atom is 0.232 e. The molecule has 1 aliphatic rings. The van der Waals surface area contributed by atoms with Gasteiger partial charge in [0.25, 0.3) is 0 Å². The first-order valence-electron chi connectivity index (χ1n) is 8.51. The van der Waals surface area contributed by atoms with E-state index in [1.165, 1.54) is 17.3 Å². The van der Waals surface area contributed by atoms with Crippen LogP contribution in [0.4, 0.5) is 5.95 Å². The van der Waals surface area contributed by atoms with E-state index in [9.17, 15) is 0 Å². The smallest absolute Gasteiger partial charge is 0.232 e. The van der Waals surface area contributed by atoms with Crippen molar-refractivity contribution < 1.29 is 4.74 Å². The van der Waals surface area contributed by atoms with Crippen LogP contribution >= 0.6 is 11.8 Å². The fraction of sp³-hybridized carbons (Fsp3) is 0.278.